The van der Waals surface area contributed by atoms with E-state index in [2.05, 4.69) is 9.98 Å². The lowest BCUT2D eigenvalue weighted by Gasteiger charge is -2.09. The molecule has 24 heavy (non-hydrogen) atoms. The molecule has 0 saturated heterocycles. The molecule has 0 aliphatic heterocycles. The number of rotatable bonds is 6. The lowest BCUT2D eigenvalue weighted by Crippen LogP contribution is -2.04. The summed E-state index contributed by atoms with van der Waals surface area (Å²) in [6.07, 6.45) is 5.81. The van der Waals surface area contributed by atoms with Crippen LogP contribution in [0.4, 0.5) is 4.39 Å². The third kappa shape index (κ3) is 5.43. The van der Waals surface area contributed by atoms with Crippen LogP contribution in [0.1, 0.15) is 45.2 Å². The summed E-state index contributed by atoms with van der Waals surface area (Å²) < 4.78 is 14.3. The van der Waals surface area contributed by atoms with Gasteiger partial charge in [-0.2, -0.15) is 5.26 Å². The SMILES string of the molecule is C/C=C\N=C(C)C(C)=N/C=C(\C)c1ccc(CCC#N)c(F)c1Cl. The Morgan fingerprint density at radius 2 is 1.92 bits per heavy atom. The van der Waals surface area contributed by atoms with E-state index in [-0.39, 0.29) is 11.4 Å². The smallest absolute Gasteiger partial charge is 0.145 e. The Morgan fingerprint density at radius 1 is 1.25 bits per heavy atom. The summed E-state index contributed by atoms with van der Waals surface area (Å²) >= 11 is 6.14. The molecule has 0 aliphatic carbocycles. The quantitative estimate of drug-likeness (QED) is 0.605. The van der Waals surface area contributed by atoms with E-state index in [4.69, 9.17) is 16.9 Å². The minimum absolute atomic E-state index is 0.0614. The number of nitriles is 1. The van der Waals surface area contributed by atoms with Crippen molar-refractivity contribution in [3.05, 3.63) is 52.6 Å². The van der Waals surface area contributed by atoms with Gasteiger partial charge in [-0.3, -0.25) is 9.98 Å². The predicted molar refractivity (Wildman–Crippen MR) is 100 cm³/mol. The predicted octanol–water partition coefficient (Wildman–Crippen LogP) is 5.75. The summed E-state index contributed by atoms with van der Waals surface area (Å²) in [6, 6.07) is 5.43. The van der Waals surface area contributed by atoms with Crippen LogP contribution in [0, 0.1) is 17.1 Å². The van der Waals surface area contributed by atoms with E-state index in [1.54, 1.807) is 24.5 Å². The highest BCUT2D eigenvalue weighted by molar-refractivity contribution is 6.41. The standard InChI is InChI=1S/C19H21ClFN3/c1-5-11-23-14(3)15(4)24-12-13(2)17-9-8-16(7-6-10-22)19(21)18(17)20/h5,8-9,11-12H,6-7H2,1-4H3/b11-5-,13-12+,23-14?,24-15?. The van der Waals surface area contributed by atoms with Crippen molar-refractivity contribution in [2.75, 3.05) is 0 Å². The van der Waals surface area contributed by atoms with Crippen molar-refractivity contribution in [1.29, 1.82) is 5.26 Å². The number of aryl methyl sites for hydroxylation is 1. The first-order chi connectivity index (χ1) is 11.4. The molecule has 0 amide bonds. The second-order valence-corrected chi connectivity index (χ2v) is 5.66. The van der Waals surface area contributed by atoms with Crippen LogP contribution in [-0.2, 0) is 6.42 Å². The van der Waals surface area contributed by atoms with Gasteiger partial charge >= 0.3 is 0 Å². The van der Waals surface area contributed by atoms with Gasteiger partial charge in [0.2, 0.25) is 0 Å². The van der Waals surface area contributed by atoms with Crippen LogP contribution >= 0.6 is 11.6 Å². The van der Waals surface area contributed by atoms with Crippen LogP contribution < -0.4 is 0 Å². The monoisotopic (exact) mass is 345 g/mol. The van der Waals surface area contributed by atoms with Gasteiger partial charge in [-0.05, 0) is 45.3 Å². The van der Waals surface area contributed by atoms with Crippen molar-refractivity contribution in [1.82, 2.24) is 0 Å². The van der Waals surface area contributed by atoms with Crippen molar-refractivity contribution in [2.24, 2.45) is 9.98 Å². The molecular formula is C19H21ClFN3. The fourth-order valence-electron chi connectivity index (χ4n) is 1.91. The number of halogens is 2. The first-order valence-electron chi connectivity index (χ1n) is 7.63. The molecule has 5 heteroatoms. The van der Waals surface area contributed by atoms with Crippen LogP contribution in [-0.4, -0.2) is 11.4 Å². The van der Waals surface area contributed by atoms with Gasteiger partial charge in [0.1, 0.15) is 5.82 Å². The lowest BCUT2D eigenvalue weighted by molar-refractivity contribution is 0.610. The zero-order chi connectivity index (χ0) is 18.1. The molecule has 0 aromatic heterocycles. The fraction of sp³-hybridized carbons (Fsp3) is 0.316. The van der Waals surface area contributed by atoms with E-state index < -0.39 is 5.82 Å². The third-order valence-corrected chi connectivity index (χ3v) is 3.86. The fourth-order valence-corrected chi connectivity index (χ4v) is 2.25. The maximum atomic E-state index is 14.3. The van der Waals surface area contributed by atoms with Crippen molar-refractivity contribution >= 4 is 28.6 Å². The Labute approximate surface area is 147 Å². The molecule has 0 radical (unpaired) electrons. The average Bonchev–Trinajstić information content (AvgIpc) is 2.58. The van der Waals surface area contributed by atoms with E-state index in [9.17, 15) is 4.39 Å². The van der Waals surface area contributed by atoms with Crippen molar-refractivity contribution in [3.63, 3.8) is 0 Å². The highest BCUT2D eigenvalue weighted by Gasteiger charge is 2.12. The van der Waals surface area contributed by atoms with Gasteiger partial charge in [-0.25, -0.2) is 4.39 Å². The lowest BCUT2D eigenvalue weighted by atomic mass is 10.0. The molecule has 1 aromatic carbocycles. The Kier molecular flexibility index (Phi) is 8.08. The normalized spacial score (nSPS) is 13.5. The van der Waals surface area contributed by atoms with Crippen LogP contribution in [0.2, 0.25) is 5.02 Å². The number of hydrogen-bond donors (Lipinski definition) is 0. The van der Waals surface area contributed by atoms with Crippen molar-refractivity contribution in [3.8, 4) is 6.07 Å². The summed E-state index contributed by atoms with van der Waals surface area (Å²) in [7, 11) is 0. The van der Waals surface area contributed by atoms with Gasteiger partial charge in [-0.15, -0.1) is 0 Å². The molecule has 1 aromatic rings. The number of aliphatic imine (C=N–C) groups is 2. The van der Waals surface area contributed by atoms with E-state index in [0.717, 1.165) is 17.0 Å². The molecule has 0 bridgehead atoms. The second-order valence-electron chi connectivity index (χ2n) is 5.28. The minimum Gasteiger partial charge on any atom is -0.260 e. The molecule has 0 fully saturated rings. The van der Waals surface area contributed by atoms with E-state index >= 15 is 0 Å². The van der Waals surface area contributed by atoms with E-state index in [1.807, 2.05) is 39.8 Å². The van der Waals surface area contributed by atoms with Crippen molar-refractivity contribution < 1.29 is 4.39 Å². The summed E-state index contributed by atoms with van der Waals surface area (Å²) in [4.78, 5) is 8.59. The Bertz CT molecular complexity index is 753. The molecule has 1 rings (SSSR count). The molecule has 126 valence electrons. The Morgan fingerprint density at radius 3 is 2.54 bits per heavy atom. The first-order valence-corrected chi connectivity index (χ1v) is 8.01. The second kappa shape index (κ2) is 9.79. The zero-order valence-corrected chi connectivity index (χ0v) is 15.2. The molecule has 0 spiro atoms. The molecule has 0 heterocycles. The van der Waals surface area contributed by atoms with Crippen LogP contribution in [0.15, 0.2) is 40.6 Å². The topological polar surface area (TPSA) is 48.5 Å². The molecule has 0 saturated carbocycles. The van der Waals surface area contributed by atoms with Crippen molar-refractivity contribution in [2.45, 2.75) is 40.5 Å². The molecule has 0 aliphatic rings. The highest BCUT2D eigenvalue weighted by Crippen LogP contribution is 2.29. The molecule has 0 unspecified atom stereocenters. The average molecular weight is 346 g/mol. The molecular weight excluding hydrogens is 325 g/mol. The number of allylic oxidation sites excluding steroid dienone is 2. The largest absolute Gasteiger partial charge is 0.260 e. The Balaban J connectivity index is 3.09. The summed E-state index contributed by atoms with van der Waals surface area (Å²) in [6.45, 7) is 7.45. The van der Waals surface area contributed by atoms with Gasteiger partial charge in [0.25, 0.3) is 0 Å². The van der Waals surface area contributed by atoms with E-state index in [0.29, 0.717) is 17.5 Å². The number of hydrogen-bond acceptors (Lipinski definition) is 3. The summed E-state index contributed by atoms with van der Waals surface area (Å²) in [5, 5.41) is 8.67. The van der Waals surface area contributed by atoms with Gasteiger partial charge in [0, 0.05) is 24.4 Å². The molecule has 0 N–H and O–H groups in total. The van der Waals surface area contributed by atoms with E-state index in [1.165, 1.54) is 0 Å². The first kappa shape index (κ1) is 19.8. The third-order valence-electron chi connectivity index (χ3n) is 3.49. The Hall–Kier alpha value is -2.25. The van der Waals surface area contributed by atoms with Gasteiger partial charge < -0.3 is 0 Å². The van der Waals surface area contributed by atoms with Gasteiger partial charge in [0.05, 0.1) is 22.5 Å². The van der Waals surface area contributed by atoms with Gasteiger partial charge in [-0.1, -0.05) is 29.8 Å². The number of benzene rings is 1. The maximum absolute atomic E-state index is 14.3. The zero-order valence-electron chi connectivity index (χ0n) is 14.4. The minimum atomic E-state index is -0.469. The van der Waals surface area contributed by atoms with Crippen LogP contribution in [0.3, 0.4) is 0 Å². The number of nitrogens with zero attached hydrogens (tertiary/aromatic N) is 3. The summed E-state index contributed by atoms with van der Waals surface area (Å²) in [5.41, 5.74) is 3.38. The van der Waals surface area contributed by atoms with Gasteiger partial charge in [0.15, 0.2) is 0 Å². The summed E-state index contributed by atoms with van der Waals surface area (Å²) in [5.74, 6) is -0.469. The van der Waals surface area contributed by atoms with Crippen LogP contribution in [0.5, 0.6) is 0 Å². The maximum Gasteiger partial charge on any atom is 0.145 e. The molecule has 0 atom stereocenters. The van der Waals surface area contributed by atoms with Crippen LogP contribution in [0.25, 0.3) is 5.57 Å². The highest BCUT2D eigenvalue weighted by atomic mass is 35.5. The molecule has 3 nitrogen and oxygen atoms in total.